The van der Waals surface area contributed by atoms with Crippen LogP contribution in [0.4, 0.5) is 0 Å². The molecule has 0 N–H and O–H groups in total. The molecule has 0 aromatic rings. The Hall–Kier alpha value is -1.04. The third kappa shape index (κ3) is 4.82. The molecule has 0 amide bonds. The van der Waals surface area contributed by atoms with Gasteiger partial charge in [-0.2, -0.15) is 5.26 Å². The van der Waals surface area contributed by atoms with Gasteiger partial charge in [0.25, 0.3) is 0 Å². The minimum Gasteiger partial charge on any atom is -0.458 e. The smallest absolute Gasteiger partial charge is 0.320 e. The van der Waals surface area contributed by atoms with E-state index in [-0.39, 0.29) is 6.42 Å². The van der Waals surface area contributed by atoms with E-state index in [1.54, 1.807) is 6.07 Å². The van der Waals surface area contributed by atoms with Gasteiger partial charge in [-0.05, 0) is 6.42 Å². The van der Waals surface area contributed by atoms with Gasteiger partial charge in [-0.15, -0.1) is 0 Å². The van der Waals surface area contributed by atoms with Gasteiger partial charge in [0.05, 0.1) is 6.07 Å². The third-order valence-corrected chi connectivity index (χ3v) is 0.605. The van der Waals surface area contributed by atoms with Crippen molar-refractivity contribution in [2.75, 3.05) is 0 Å². The Kier molecular flexibility index (Phi) is 4.51. The van der Waals surface area contributed by atoms with Gasteiger partial charge in [0.2, 0.25) is 0 Å². The van der Waals surface area contributed by atoms with Gasteiger partial charge in [-0.3, -0.25) is 4.79 Å². The molecule has 1 radical (unpaired) electrons. The predicted octanol–water partition coefficient (Wildman–Crippen LogP) is 1.02. The summed E-state index contributed by atoms with van der Waals surface area (Å²) in [6.07, 6.45) is 0.508. The van der Waals surface area contributed by atoms with Gasteiger partial charge in [-0.1, -0.05) is 6.92 Å². The van der Waals surface area contributed by atoms with E-state index in [0.717, 1.165) is 0 Å². The van der Waals surface area contributed by atoms with Crippen molar-refractivity contribution in [3.8, 4) is 6.07 Å². The third-order valence-electron chi connectivity index (χ3n) is 0.605. The lowest BCUT2D eigenvalue weighted by Crippen LogP contribution is -1.99. The van der Waals surface area contributed by atoms with E-state index >= 15 is 0 Å². The van der Waals surface area contributed by atoms with Crippen LogP contribution in [0.15, 0.2) is 0 Å². The summed E-state index contributed by atoms with van der Waals surface area (Å²) in [4.78, 5) is 10.3. The first-order chi connectivity index (χ1) is 4.31. The second-order valence-electron chi connectivity index (χ2n) is 1.40. The second kappa shape index (κ2) is 5.10. The number of esters is 1. The quantitative estimate of drug-likeness (QED) is 0.530. The van der Waals surface area contributed by atoms with Crippen molar-refractivity contribution in [3.63, 3.8) is 0 Å². The molecule has 3 heteroatoms. The Labute approximate surface area is 54.2 Å². The average molecular weight is 126 g/mol. The van der Waals surface area contributed by atoms with E-state index in [1.165, 1.54) is 6.61 Å². The molecule has 0 aliphatic carbocycles. The molecule has 9 heavy (non-hydrogen) atoms. The Morgan fingerprint density at radius 1 is 1.89 bits per heavy atom. The first kappa shape index (κ1) is 7.96. The zero-order valence-electron chi connectivity index (χ0n) is 5.26. The standard InChI is InChI=1S/C6H8NO2/c1-2-5-9-6(8)3-4-7/h5H,2-3H2,1H3. The zero-order valence-corrected chi connectivity index (χ0v) is 5.26. The molecule has 3 nitrogen and oxygen atoms in total. The summed E-state index contributed by atoms with van der Waals surface area (Å²) in [5, 5.41) is 7.97. The number of carbonyl (C=O) groups is 1. The Morgan fingerprint density at radius 2 is 2.56 bits per heavy atom. The molecular weight excluding hydrogens is 118 g/mol. The number of hydrogen-bond donors (Lipinski definition) is 0. The molecule has 0 rings (SSSR count). The topological polar surface area (TPSA) is 50.1 Å². The van der Waals surface area contributed by atoms with E-state index in [9.17, 15) is 4.79 Å². The maximum absolute atomic E-state index is 10.3. The highest BCUT2D eigenvalue weighted by Gasteiger charge is 1.98. The van der Waals surface area contributed by atoms with Crippen LogP contribution in [0.3, 0.4) is 0 Å². The monoisotopic (exact) mass is 126 g/mol. The van der Waals surface area contributed by atoms with E-state index in [4.69, 9.17) is 5.26 Å². The van der Waals surface area contributed by atoms with Gasteiger partial charge in [-0.25, -0.2) is 0 Å². The number of ether oxygens (including phenoxy) is 1. The van der Waals surface area contributed by atoms with Crippen LogP contribution in [0.5, 0.6) is 0 Å². The second-order valence-corrected chi connectivity index (χ2v) is 1.40. The Balaban J connectivity index is 3.19. The van der Waals surface area contributed by atoms with Gasteiger partial charge >= 0.3 is 5.97 Å². The maximum atomic E-state index is 10.3. The van der Waals surface area contributed by atoms with Crippen LogP contribution in [0.2, 0.25) is 0 Å². The van der Waals surface area contributed by atoms with Crippen LogP contribution in [-0.4, -0.2) is 5.97 Å². The lowest BCUT2D eigenvalue weighted by molar-refractivity contribution is -0.139. The van der Waals surface area contributed by atoms with Gasteiger partial charge < -0.3 is 4.74 Å². The summed E-state index contributed by atoms with van der Waals surface area (Å²) in [5.41, 5.74) is 0. The summed E-state index contributed by atoms with van der Waals surface area (Å²) in [7, 11) is 0. The molecule has 0 aromatic carbocycles. The van der Waals surface area contributed by atoms with Gasteiger partial charge in [0, 0.05) is 0 Å². The number of rotatable bonds is 3. The van der Waals surface area contributed by atoms with Gasteiger partial charge in [0.15, 0.2) is 0 Å². The highest BCUT2D eigenvalue weighted by atomic mass is 16.5. The van der Waals surface area contributed by atoms with Crippen molar-refractivity contribution in [2.24, 2.45) is 0 Å². The van der Waals surface area contributed by atoms with Crippen molar-refractivity contribution in [1.29, 1.82) is 5.26 Å². The van der Waals surface area contributed by atoms with E-state index in [2.05, 4.69) is 4.74 Å². The average Bonchev–Trinajstić information content (AvgIpc) is 1.85. The van der Waals surface area contributed by atoms with Gasteiger partial charge in [0.1, 0.15) is 13.0 Å². The predicted molar refractivity (Wildman–Crippen MR) is 30.9 cm³/mol. The fraction of sp³-hybridized carbons (Fsp3) is 0.500. The van der Waals surface area contributed by atoms with Crippen LogP contribution in [-0.2, 0) is 9.53 Å². The fourth-order valence-corrected chi connectivity index (χ4v) is 0.282. The molecule has 0 heterocycles. The van der Waals surface area contributed by atoms with Crippen molar-refractivity contribution >= 4 is 5.97 Å². The first-order valence-corrected chi connectivity index (χ1v) is 2.69. The first-order valence-electron chi connectivity index (χ1n) is 2.69. The summed E-state index contributed by atoms with van der Waals surface area (Å²) >= 11 is 0. The molecule has 0 spiro atoms. The highest BCUT2D eigenvalue weighted by Crippen LogP contribution is 1.90. The molecule has 0 atom stereocenters. The molecular formula is C6H8NO2. The lowest BCUT2D eigenvalue weighted by Gasteiger charge is -1.94. The molecule has 0 aliphatic rings. The van der Waals surface area contributed by atoms with Crippen molar-refractivity contribution < 1.29 is 9.53 Å². The van der Waals surface area contributed by atoms with E-state index in [1.807, 2.05) is 6.92 Å². The van der Waals surface area contributed by atoms with E-state index in [0.29, 0.717) is 6.42 Å². The molecule has 0 saturated heterocycles. The van der Waals surface area contributed by atoms with Crippen LogP contribution < -0.4 is 0 Å². The molecule has 0 fully saturated rings. The molecule has 0 unspecified atom stereocenters. The normalized spacial score (nSPS) is 8.00. The van der Waals surface area contributed by atoms with Crippen LogP contribution >= 0.6 is 0 Å². The fourth-order valence-electron chi connectivity index (χ4n) is 0.282. The number of nitrogens with zero attached hydrogens (tertiary/aromatic N) is 1. The summed E-state index contributed by atoms with van der Waals surface area (Å²) < 4.78 is 4.45. The van der Waals surface area contributed by atoms with Crippen molar-refractivity contribution in [2.45, 2.75) is 19.8 Å². The Morgan fingerprint density at radius 3 is 3.00 bits per heavy atom. The van der Waals surface area contributed by atoms with Crippen molar-refractivity contribution in [3.05, 3.63) is 6.61 Å². The Bertz CT molecular complexity index is 126. The van der Waals surface area contributed by atoms with Crippen LogP contribution in [0.25, 0.3) is 0 Å². The SMILES string of the molecule is CC[CH]OC(=O)CC#N. The van der Waals surface area contributed by atoms with Crippen LogP contribution in [0.1, 0.15) is 19.8 Å². The zero-order chi connectivity index (χ0) is 7.11. The largest absolute Gasteiger partial charge is 0.458 e. The molecule has 0 aliphatic heterocycles. The summed E-state index contributed by atoms with van der Waals surface area (Å²) in [6.45, 7) is 3.22. The minimum atomic E-state index is -0.487. The number of nitriles is 1. The number of carbonyl (C=O) groups excluding carboxylic acids is 1. The highest BCUT2D eigenvalue weighted by molar-refractivity contribution is 5.72. The molecule has 0 aromatic heterocycles. The summed E-state index contributed by atoms with van der Waals surface area (Å²) in [5.74, 6) is -0.487. The maximum Gasteiger partial charge on any atom is 0.320 e. The van der Waals surface area contributed by atoms with Crippen LogP contribution in [0, 0.1) is 17.9 Å². The molecule has 0 bridgehead atoms. The molecule has 49 valence electrons. The van der Waals surface area contributed by atoms with E-state index < -0.39 is 5.97 Å². The van der Waals surface area contributed by atoms with Crippen molar-refractivity contribution in [1.82, 2.24) is 0 Å². The lowest BCUT2D eigenvalue weighted by atomic mass is 10.5. The summed E-state index contributed by atoms with van der Waals surface area (Å²) in [6, 6.07) is 1.68. The minimum absolute atomic E-state index is 0.170. The number of hydrogen-bond acceptors (Lipinski definition) is 3. The molecule has 0 saturated carbocycles.